The van der Waals surface area contributed by atoms with Crippen molar-refractivity contribution in [1.82, 2.24) is 0 Å². The summed E-state index contributed by atoms with van der Waals surface area (Å²) in [7, 11) is 1.83. The van der Waals surface area contributed by atoms with E-state index in [9.17, 15) is 88.4 Å². The zero-order chi connectivity index (χ0) is 31.8. The molecule has 0 aliphatic rings. The van der Waals surface area contributed by atoms with Crippen LogP contribution < -0.4 is 0 Å². The highest BCUT2D eigenvalue weighted by molar-refractivity contribution is 4.59. The first-order valence-electron chi connectivity index (χ1n) is 7.03. The first-order chi connectivity index (χ1) is 16.5. The van der Waals surface area contributed by atoms with Gasteiger partial charge in [0.05, 0.1) is 0 Å². The third-order valence-corrected chi connectivity index (χ3v) is 1.07. The molecule has 0 aliphatic carbocycles. The quantitative estimate of drug-likeness (QED) is 0.261. The molecule has 0 saturated heterocycles. The minimum absolute atomic E-state index is 0. The Morgan fingerprint density at radius 3 is 0.622 bits per heavy atom. The molecule has 0 atom stereocenters. The van der Waals surface area contributed by atoms with Crippen LogP contribution in [0.5, 0.6) is 0 Å². The molecule has 45 heavy (non-hydrogen) atoms. The van der Waals surface area contributed by atoms with Gasteiger partial charge in [0.25, 0.3) is 0 Å². The monoisotopic (exact) mass is 752 g/mol. The number of rotatable bonds is 5. The van der Waals surface area contributed by atoms with Crippen molar-refractivity contribution in [3.05, 3.63) is 0 Å². The molecular weight excluding hydrogens is 704 g/mol. The van der Waals surface area contributed by atoms with Crippen LogP contribution in [-0.2, 0) is 29.2 Å². The second-order valence-corrected chi connectivity index (χ2v) is 3.61. The maximum Gasteiger partial charge on any atom is 0.553 e. The highest BCUT2D eigenvalue weighted by Crippen LogP contribution is 2.31. The Bertz CT molecular complexity index is 361. The Morgan fingerprint density at radius 2 is 0.600 bits per heavy atom. The van der Waals surface area contributed by atoms with E-state index in [0.717, 1.165) is 0 Å². The summed E-state index contributed by atoms with van der Waals surface area (Å²) in [4.78, 5) is 7.62. The van der Waals surface area contributed by atoms with Crippen molar-refractivity contribution in [2.75, 3.05) is 41.7 Å². The smallest absolute Gasteiger partial charge is 0.354 e. The second kappa shape index (κ2) is 65.1. The van der Waals surface area contributed by atoms with Gasteiger partial charge in [0, 0.05) is 14.2 Å². The third-order valence-electron chi connectivity index (χ3n) is 1.07. The Kier molecular flexibility index (Phi) is 140. The second-order valence-electron chi connectivity index (χ2n) is 3.61. The van der Waals surface area contributed by atoms with E-state index < -0.39 is 58.9 Å². The lowest BCUT2D eigenvalue weighted by molar-refractivity contribution is -0.416. The van der Waals surface area contributed by atoms with Crippen molar-refractivity contribution < 1.29 is 118 Å². The van der Waals surface area contributed by atoms with Gasteiger partial charge in [-0.1, -0.05) is 69.3 Å². The van der Waals surface area contributed by atoms with Gasteiger partial charge < -0.3 is 9.47 Å². The first-order valence-corrected chi connectivity index (χ1v) is 7.03. The molecule has 0 amide bonds. The number of halogens is 20. The average Bonchev–Trinajstić information content (AvgIpc) is 2.78. The van der Waals surface area contributed by atoms with Crippen LogP contribution in [0.3, 0.4) is 0 Å². The zero-order valence-corrected chi connectivity index (χ0v) is 17.5. The van der Waals surface area contributed by atoms with Crippen LogP contribution in [0.1, 0.15) is 65.8 Å². The predicted octanol–water partition coefficient (Wildman–Crippen LogP) is 13.2. The van der Waals surface area contributed by atoms with E-state index in [1.54, 1.807) is 0 Å². The van der Waals surface area contributed by atoms with E-state index in [0.29, 0.717) is 7.11 Å². The molecule has 0 N–H and O–H groups in total. The average molecular weight is 753 g/mol. The molecule has 0 unspecified atom stereocenters. The van der Waals surface area contributed by atoms with Crippen LogP contribution in [0.4, 0.5) is 88.4 Å². The summed E-state index contributed by atoms with van der Waals surface area (Å²) in [5.74, 6) is 0. The molecule has 0 aliphatic heterocycles. The van der Waals surface area contributed by atoms with E-state index in [4.69, 9.17) is 0 Å². The lowest BCUT2D eigenvalue weighted by Gasteiger charge is -2.15. The van der Waals surface area contributed by atoms with Gasteiger partial charge in [-0.3, -0.25) is 0 Å². The highest BCUT2D eigenvalue weighted by atomic mass is 19.5. The highest BCUT2D eigenvalue weighted by Gasteiger charge is 2.43. The van der Waals surface area contributed by atoms with E-state index in [1.165, 1.54) is 17.0 Å². The van der Waals surface area contributed by atoms with Crippen molar-refractivity contribution >= 4 is 0 Å². The zero-order valence-electron chi connectivity index (χ0n) is 17.5. The van der Waals surface area contributed by atoms with Gasteiger partial charge in [-0.15, -0.1) is 26.3 Å². The van der Waals surface area contributed by atoms with Crippen molar-refractivity contribution in [2.24, 2.45) is 0 Å². The summed E-state index contributed by atoms with van der Waals surface area (Å²) in [5, 5.41) is 0. The molecule has 0 saturated carbocycles. The van der Waals surface area contributed by atoms with Gasteiger partial charge in [0.1, 0.15) is 6.42 Å². The summed E-state index contributed by atoms with van der Waals surface area (Å²) in [6, 6.07) is 0. The number of hydrogen-bond acceptors (Lipinski definition) is 6. The van der Waals surface area contributed by atoms with Gasteiger partial charge >= 0.3 is 25.0 Å². The molecule has 0 heterocycles. The Morgan fingerprint density at radius 1 is 0.444 bits per heavy atom. The van der Waals surface area contributed by atoms with Crippen LogP contribution in [0.2, 0.25) is 0 Å². The number of alkyl halides is 16. The molecule has 6 nitrogen and oxygen atoms in total. The molecule has 26 heteroatoms. The minimum atomic E-state index is -5.12. The standard InChI is InChI=1S/C4H5F5O.C2H5FO.2CF4O.2CH2F2O.CH2F2.8CH4/c1-10-4(8,9)2-3(5,6)7;1-4-2-3;2*2-1(3,4)6-5;2*2-1-4-3;2-1-3;;;;;;;;/h2H2,1H3;2H2,1H3;;;2*1H2;1H2;8*1H4. The lowest BCUT2D eigenvalue weighted by atomic mass is 10.4. The van der Waals surface area contributed by atoms with Crippen LogP contribution in [-0.4, -0.2) is 66.7 Å². The van der Waals surface area contributed by atoms with Crippen LogP contribution in [0.25, 0.3) is 0 Å². The van der Waals surface area contributed by atoms with Gasteiger partial charge in [-0.2, -0.15) is 31.8 Å². The van der Waals surface area contributed by atoms with Crippen molar-refractivity contribution in [3.8, 4) is 0 Å². The van der Waals surface area contributed by atoms with Crippen LogP contribution in [0, 0.1) is 0 Å². The molecule has 0 aromatic carbocycles. The molecular formula is C19H48F20O6. The predicted molar refractivity (Wildman–Crippen MR) is 129 cm³/mol. The van der Waals surface area contributed by atoms with Crippen LogP contribution in [0.15, 0.2) is 0 Å². The molecule has 0 fully saturated rings. The maximum absolute atomic E-state index is 11.7. The fraction of sp³-hybridized carbons (Fsp3) is 1.00. The first kappa shape index (κ1) is 96.7. The largest absolute Gasteiger partial charge is 0.553 e. The molecule has 0 spiro atoms. The topological polar surface area (TPSA) is 55.4 Å². The molecule has 0 aromatic rings. The summed E-state index contributed by atoms with van der Waals surface area (Å²) in [6.07, 6.45) is -21.5. The lowest BCUT2D eigenvalue weighted by Crippen LogP contribution is -2.27. The normalized spacial score (nSPS) is 8.67. The van der Waals surface area contributed by atoms with Gasteiger partial charge in [-0.25, -0.2) is 22.0 Å². The number of ether oxygens (including phenoxy) is 2. The van der Waals surface area contributed by atoms with Gasteiger partial charge in [0.2, 0.25) is 20.6 Å². The van der Waals surface area contributed by atoms with Crippen molar-refractivity contribution in [2.45, 2.75) is 90.8 Å². The van der Waals surface area contributed by atoms with E-state index >= 15 is 0 Å². The van der Waals surface area contributed by atoms with Crippen molar-refractivity contribution in [3.63, 3.8) is 0 Å². The minimum Gasteiger partial charge on any atom is -0.354 e. The SMILES string of the molecule is C.C.C.C.C.C.C.C.COC(F)(F)CC(F)(F)F.COCF.FCF.FCOF.FCOF.FOC(F)(F)F.FOC(F)(F)F. The molecule has 0 rings (SSSR count). The van der Waals surface area contributed by atoms with Gasteiger partial charge in [-0.05, 0) is 18.1 Å². The number of hydrogen-bond donors (Lipinski definition) is 0. The van der Waals surface area contributed by atoms with E-state index in [-0.39, 0.29) is 59.4 Å². The summed E-state index contributed by atoms with van der Waals surface area (Å²) >= 11 is 0. The third kappa shape index (κ3) is 258. The fourth-order valence-electron chi connectivity index (χ4n) is 0.306. The summed E-state index contributed by atoms with van der Waals surface area (Å²) in [5.41, 5.74) is 0. The fourth-order valence-corrected chi connectivity index (χ4v) is 0.306. The van der Waals surface area contributed by atoms with Gasteiger partial charge in [0.15, 0.2) is 6.86 Å². The maximum atomic E-state index is 11.7. The number of methoxy groups -OCH3 is 2. The molecule has 300 valence electrons. The molecule has 0 radical (unpaired) electrons. The Balaban J connectivity index is -0.0000000180. The molecule has 0 aromatic heterocycles. The van der Waals surface area contributed by atoms with Crippen LogP contribution >= 0.6 is 0 Å². The van der Waals surface area contributed by atoms with E-state index in [2.05, 4.69) is 19.4 Å². The summed E-state index contributed by atoms with van der Waals surface area (Å²) in [6.45, 7) is -5.12. The molecule has 0 bridgehead atoms. The van der Waals surface area contributed by atoms with E-state index in [1.807, 2.05) is 0 Å². The van der Waals surface area contributed by atoms with Crippen molar-refractivity contribution in [1.29, 1.82) is 0 Å². The summed E-state index contributed by atoms with van der Waals surface area (Å²) < 4.78 is 215. The Hall–Kier alpha value is -1.64. The Labute approximate surface area is 251 Å².